The van der Waals surface area contributed by atoms with Crippen molar-refractivity contribution in [2.24, 2.45) is 5.92 Å². The Bertz CT molecular complexity index is 480. The van der Waals surface area contributed by atoms with Crippen LogP contribution >= 0.6 is 0 Å². The van der Waals surface area contributed by atoms with E-state index in [0.29, 0.717) is 12.3 Å². The Hall–Kier alpha value is -1.88. The van der Waals surface area contributed by atoms with Crippen LogP contribution in [0.4, 0.5) is 5.69 Å². The van der Waals surface area contributed by atoms with E-state index in [2.05, 4.69) is 10.6 Å². The van der Waals surface area contributed by atoms with Crippen molar-refractivity contribution in [3.05, 3.63) is 29.8 Å². The first-order valence-corrected chi connectivity index (χ1v) is 6.87. The molecule has 1 atom stereocenters. The molecule has 1 amide bonds. The average Bonchev–Trinajstić information content (AvgIpc) is 2.34. The molecule has 5 nitrogen and oxygen atoms in total. The lowest BCUT2D eigenvalue weighted by molar-refractivity contribution is -0.137. The molecule has 0 saturated carbocycles. The highest BCUT2D eigenvalue weighted by atomic mass is 16.4. The van der Waals surface area contributed by atoms with Gasteiger partial charge in [0, 0.05) is 12.1 Å². The minimum Gasteiger partial charge on any atom is -0.481 e. The summed E-state index contributed by atoms with van der Waals surface area (Å²) < 4.78 is 0. The molecule has 2 rings (SSSR count). The fourth-order valence-electron chi connectivity index (χ4n) is 2.24. The number of anilines is 1. The lowest BCUT2D eigenvalue weighted by atomic mass is 9.97. The molecule has 0 radical (unpaired) electrons. The first-order chi connectivity index (χ1) is 9.54. The van der Waals surface area contributed by atoms with Crippen molar-refractivity contribution in [1.82, 2.24) is 5.32 Å². The number of carbonyl (C=O) groups excluding carboxylic acids is 1. The molecular formula is C15H20N2O3. The highest BCUT2D eigenvalue weighted by molar-refractivity contribution is 5.90. The lowest BCUT2D eigenvalue weighted by Crippen LogP contribution is -2.43. The molecule has 0 aliphatic carbocycles. The SMILES string of the molecule is CC(CC(=O)O)c1ccc(NC(=O)CC2CNC2)cc1. The van der Waals surface area contributed by atoms with E-state index < -0.39 is 5.97 Å². The summed E-state index contributed by atoms with van der Waals surface area (Å²) in [7, 11) is 0. The second kappa shape index (κ2) is 6.52. The van der Waals surface area contributed by atoms with Crippen LogP contribution in [-0.2, 0) is 9.59 Å². The summed E-state index contributed by atoms with van der Waals surface area (Å²) in [6, 6.07) is 7.39. The molecule has 5 heteroatoms. The van der Waals surface area contributed by atoms with E-state index in [4.69, 9.17) is 5.11 Å². The highest BCUT2D eigenvalue weighted by Gasteiger charge is 2.20. The van der Waals surface area contributed by atoms with Crippen molar-refractivity contribution >= 4 is 17.6 Å². The zero-order valence-corrected chi connectivity index (χ0v) is 11.6. The Morgan fingerprint density at radius 2 is 2.00 bits per heavy atom. The number of carboxylic acid groups (broad SMARTS) is 1. The predicted octanol–water partition coefficient (Wildman–Crippen LogP) is 1.81. The molecule has 108 valence electrons. The summed E-state index contributed by atoms with van der Waals surface area (Å²) in [6.45, 7) is 3.71. The van der Waals surface area contributed by atoms with Crippen LogP contribution in [-0.4, -0.2) is 30.1 Å². The van der Waals surface area contributed by atoms with Gasteiger partial charge in [0.25, 0.3) is 0 Å². The van der Waals surface area contributed by atoms with Gasteiger partial charge in [0.15, 0.2) is 0 Å². The van der Waals surface area contributed by atoms with Crippen molar-refractivity contribution < 1.29 is 14.7 Å². The van der Waals surface area contributed by atoms with Crippen molar-refractivity contribution in [3.8, 4) is 0 Å². The fourth-order valence-corrected chi connectivity index (χ4v) is 2.24. The molecule has 1 aromatic carbocycles. The Kier molecular flexibility index (Phi) is 4.74. The fraction of sp³-hybridized carbons (Fsp3) is 0.467. The van der Waals surface area contributed by atoms with E-state index in [0.717, 1.165) is 24.3 Å². The van der Waals surface area contributed by atoms with Gasteiger partial charge < -0.3 is 15.7 Å². The van der Waals surface area contributed by atoms with Crippen LogP contribution in [0.25, 0.3) is 0 Å². The number of carbonyl (C=O) groups is 2. The van der Waals surface area contributed by atoms with E-state index in [-0.39, 0.29) is 18.2 Å². The van der Waals surface area contributed by atoms with Crippen molar-refractivity contribution in [2.75, 3.05) is 18.4 Å². The van der Waals surface area contributed by atoms with Gasteiger partial charge in [-0.25, -0.2) is 0 Å². The maximum Gasteiger partial charge on any atom is 0.303 e. The average molecular weight is 276 g/mol. The number of carboxylic acids is 1. The third-order valence-electron chi connectivity index (χ3n) is 3.58. The summed E-state index contributed by atoms with van der Waals surface area (Å²) in [5.74, 6) is -0.352. The molecule has 1 heterocycles. The zero-order chi connectivity index (χ0) is 14.5. The molecule has 1 aliphatic rings. The highest BCUT2D eigenvalue weighted by Crippen LogP contribution is 2.21. The summed E-state index contributed by atoms with van der Waals surface area (Å²) in [5, 5.41) is 14.8. The van der Waals surface area contributed by atoms with Crippen molar-refractivity contribution in [3.63, 3.8) is 0 Å². The van der Waals surface area contributed by atoms with Gasteiger partial charge in [0.05, 0.1) is 6.42 Å². The number of benzene rings is 1. The van der Waals surface area contributed by atoms with Gasteiger partial charge in [-0.05, 0) is 42.6 Å². The molecule has 3 N–H and O–H groups in total. The molecule has 0 bridgehead atoms. The Balaban J connectivity index is 1.87. The van der Waals surface area contributed by atoms with Crippen LogP contribution in [0.2, 0.25) is 0 Å². The lowest BCUT2D eigenvalue weighted by Gasteiger charge is -2.26. The first-order valence-electron chi connectivity index (χ1n) is 6.87. The van der Waals surface area contributed by atoms with E-state index >= 15 is 0 Å². The quantitative estimate of drug-likeness (QED) is 0.740. The normalized spacial score (nSPS) is 16.2. The maximum absolute atomic E-state index is 11.8. The third-order valence-corrected chi connectivity index (χ3v) is 3.58. The first kappa shape index (κ1) is 14.5. The van der Waals surface area contributed by atoms with Gasteiger partial charge in [0.2, 0.25) is 5.91 Å². The van der Waals surface area contributed by atoms with Gasteiger partial charge in [-0.2, -0.15) is 0 Å². The summed E-state index contributed by atoms with van der Waals surface area (Å²) in [4.78, 5) is 22.4. The van der Waals surface area contributed by atoms with Gasteiger partial charge in [-0.1, -0.05) is 19.1 Å². The van der Waals surface area contributed by atoms with Crippen LogP contribution in [0.1, 0.15) is 31.2 Å². The molecule has 1 saturated heterocycles. The number of nitrogens with one attached hydrogen (secondary N) is 2. The van der Waals surface area contributed by atoms with E-state index in [1.54, 1.807) is 0 Å². The molecule has 1 unspecified atom stereocenters. The monoisotopic (exact) mass is 276 g/mol. The minimum absolute atomic E-state index is 0.0293. The number of aliphatic carboxylic acids is 1. The molecular weight excluding hydrogens is 256 g/mol. The standard InChI is InChI=1S/C15H20N2O3/c1-10(6-15(19)20)12-2-4-13(5-3-12)17-14(18)7-11-8-16-9-11/h2-5,10-11,16H,6-9H2,1H3,(H,17,18)(H,19,20). The van der Waals surface area contributed by atoms with Crippen LogP contribution < -0.4 is 10.6 Å². The van der Waals surface area contributed by atoms with Crippen LogP contribution in [0.5, 0.6) is 0 Å². The van der Waals surface area contributed by atoms with Gasteiger partial charge in [-0.3, -0.25) is 9.59 Å². The Morgan fingerprint density at radius 3 is 2.50 bits per heavy atom. The predicted molar refractivity (Wildman–Crippen MR) is 76.7 cm³/mol. The zero-order valence-electron chi connectivity index (χ0n) is 11.6. The molecule has 0 aromatic heterocycles. The number of hydrogen-bond donors (Lipinski definition) is 3. The molecule has 1 aromatic rings. The Morgan fingerprint density at radius 1 is 1.35 bits per heavy atom. The molecule has 1 fully saturated rings. The number of amides is 1. The maximum atomic E-state index is 11.8. The minimum atomic E-state index is -0.802. The summed E-state index contributed by atoms with van der Waals surface area (Å²) in [6.07, 6.45) is 0.657. The van der Waals surface area contributed by atoms with Gasteiger partial charge >= 0.3 is 5.97 Å². The largest absolute Gasteiger partial charge is 0.481 e. The second-order valence-corrected chi connectivity index (χ2v) is 5.40. The van der Waals surface area contributed by atoms with E-state index in [1.807, 2.05) is 31.2 Å². The van der Waals surface area contributed by atoms with Crippen LogP contribution in [0, 0.1) is 5.92 Å². The Labute approximate surface area is 118 Å². The summed E-state index contributed by atoms with van der Waals surface area (Å²) in [5.41, 5.74) is 1.72. The van der Waals surface area contributed by atoms with Gasteiger partial charge in [-0.15, -0.1) is 0 Å². The van der Waals surface area contributed by atoms with Crippen LogP contribution in [0.3, 0.4) is 0 Å². The number of hydrogen-bond acceptors (Lipinski definition) is 3. The van der Waals surface area contributed by atoms with E-state index in [1.165, 1.54) is 0 Å². The van der Waals surface area contributed by atoms with E-state index in [9.17, 15) is 9.59 Å². The topological polar surface area (TPSA) is 78.4 Å². The second-order valence-electron chi connectivity index (χ2n) is 5.40. The molecule has 1 aliphatic heterocycles. The third kappa shape index (κ3) is 4.06. The van der Waals surface area contributed by atoms with Crippen LogP contribution in [0.15, 0.2) is 24.3 Å². The van der Waals surface area contributed by atoms with Gasteiger partial charge in [0.1, 0.15) is 0 Å². The molecule has 20 heavy (non-hydrogen) atoms. The van der Waals surface area contributed by atoms with Crippen molar-refractivity contribution in [2.45, 2.75) is 25.7 Å². The number of rotatable bonds is 6. The summed E-state index contributed by atoms with van der Waals surface area (Å²) >= 11 is 0. The molecule has 0 spiro atoms. The van der Waals surface area contributed by atoms with Crippen molar-refractivity contribution in [1.29, 1.82) is 0 Å². The smallest absolute Gasteiger partial charge is 0.303 e.